The van der Waals surface area contributed by atoms with Gasteiger partial charge in [0.25, 0.3) is 15.9 Å². The van der Waals surface area contributed by atoms with Gasteiger partial charge in [-0.1, -0.05) is 53.5 Å². The molecule has 0 bridgehead atoms. The molecular weight excluding hydrogens is 571 g/mol. The molecular formula is C30H26Cl2N2O5S. The average molecular weight is 598 g/mol. The highest BCUT2D eigenvalue weighted by molar-refractivity contribution is 7.92. The molecule has 1 N–H and O–H groups in total. The number of nitrogens with one attached hydrogen (secondary N) is 1. The molecule has 4 aromatic rings. The van der Waals surface area contributed by atoms with Crippen LogP contribution in [0.5, 0.6) is 17.2 Å². The van der Waals surface area contributed by atoms with Crippen LogP contribution in [0.3, 0.4) is 0 Å². The minimum Gasteiger partial charge on any atom is -0.496 e. The Balaban J connectivity index is 1.39. The number of hydrogen-bond acceptors (Lipinski definition) is 5. The zero-order valence-electron chi connectivity index (χ0n) is 21.5. The van der Waals surface area contributed by atoms with Crippen LogP contribution in [0, 0.1) is 0 Å². The number of ether oxygens (including phenoxy) is 2. The van der Waals surface area contributed by atoms with Crippen molar-refractivity contribution >= 4 is 44.8 Å². The number of nitrogens with zero attached hydrogens (tertiary/aromatic N) is 1. The van der Waals surface area contributed by atoms with E-state index in [4.69, 9.17) is 32.7 Å². The molecule has 0 spiro atoms. The van der Waals surface area contributed by atoms with Gasteiger partial charge in [0.05, 0.1) is 28.3 Å². The third-order valence-corrected chi connectivity index (χ3v) is 8.37. The lowest BCUT2D eigenvalue weighted by atomic mass is 10.1. The van der Waals surface area contributed by atoms with E-state index >= 15 is 0 Å². The minimum atomic E-state index is -4.05. The SMILES string of the molecule is COc1ccccc1CN(C(=O)c1cc(Cl)ccc1NS(=O)(=O)c1ccc(Oc2ccccc2Cl)cc1)C1CC1. The van der Waals surface area contributed by atoms with Crippen LogP contribution < -0.4 is 14.2 Å². The standard InChI is InChI=1S/C30H26Cl2N2O5S/c1-38-28-8-4-2-6-20(28)19-34(22-11-12-22)30(35)25-18-21(31)10-17-27(25)33-40(36,37)24-15-13-23(14-16-24)39-29-9-5-3-7-26(29)32/h2-10,13-18,22,33H,11-12,19H2,1H3. The lowest BCUT2D eigenvalue weighted by Gasteiger charge is -2.25. The Kier molecular flexibility index (Phi) is 8.21. The van der Waals surface area contributed by atoms with Crippen molar-refractivity contribution in [1.29, 1.82) is 0 Å². The number of methoxy groups -OCH3 is 1. The molecule has 0 heterocycles. The van der Waals surface area contributed by atoms with Crippen LogP contribution in [0.2, 0.25) is 10.0 Å². The van der Waals surface area contributed by atoms with Gasteiger partial charge < -0.3 is 14.4 Å². The first kappa shape index (κ1) is 27.8. The number of hydrogen-bond donors (Lipinski definition) is 1. The Hall–Kier alpha value is -3.72. The Morgan fingerprint density at radius 3 is 2.27 bits per heavy atom. The molecule has 0 saturated heterocycles. The van der Waals surface area contributed by atoms with E-state index in [-0.39, 0.29) is 28.1 Å². The van der Waals surface area contributed by atoms with Gasteiger partial charge in [0, 0.05) is 23.2 Å². The summed E-state index contributed by atoms with van der Waals surface area (Å²) in [4.78, 5) is 15.6. The van der Waals surface area contributed by atoms with Crippen LogP contribution >= 0.6 is 23.2 Å². The van der Waals surface area contributed by atoms with E-state index in [1.807, 2.05) is 24.3 Å². The highest BCUT2D eigenvalue weighted by Gasteiger charge is 2.35. The summed E-state index contributed by atoms with van der Waals surface area (Å²) in [5.74, 6) is 1.23. The smallest absolute Gasteiger partial charge is 0.261 e. The number of rotatable bonds is 10. The van der Waals surface area contributed by atoms with Crippen LogP contribution in [0.4, 0.5) is 5.69 Å². The Bertz CT molecular complexity index is 1640. The quantitative estimate of drug-likeness (QED) is 0.206. The van der Waals surface area contributed by atoms with Crippen LogP contribution in [-0.2, 0) is 16.6 Å². The van der Waals surface area contributed by atoms with E-state index in [9.17, 15) is 13.2 Å². The fourth-order valence-corrected chi connectivity index (χ4v) is 5.68. The summed E-state index contributed by atoms with van der Waals surface area (Å²) >= 11 is 12.4. The molecule has 0 aliphatic heterocycles. The van der Waals surface area contributed by atoms with Crippen molar-refractivity contribution in [3.05, 3.63) is 112 Å². The largest absolute Gasteiger partial charge is 0.496 e. The van der Waals surface area contributed by atoms with E-state index < -0.39 is 10.0 Å². The first-order chi connectivity index (χ1) is 19.2. The Morgan fingerprint density at radius 1 is 0.925 bits per heavy atom. The third kappa shape index (κ3) is 6.36. The maximum absolute atomic E-state index is 13.8. The van der Waals surface area contributed by atoms with Crippen molar-refractivity contribution in [2.45, 2.75) is 30.3 Å². The highest BCUT2D eigenvalue weighted by Crippen LogP contribution is 2.34. The second kappa shape index (κ2) is 11.8. The predicted octanol–water partition coefficient (Wildman–Crippen LogP) is 7.40. The van der Waals surface area contributed by atoms with Gasteiger partial charge in [-0.05, 0) is 73.5 Å². The Labute approximate surface area is 243 Å². The molecule has 5 rings (SSSR count). The van der Waals surface area contributed by atoms with Crippen molar-refractivity contribution in [3.8, 4) is 17.2 Å². The van der Waals surface area contributed by atoms with Crippen LogP contribution in [0.1, 0.15) is 28.8 Å². The zero-order chi connectivity index (χ0) is 28.3. The van der Waals surface area contributed by atoms with Crippen molar-refractivity contribution in [1.82, 2.24) is 4.90 Å². The predicted molar refractivity (Wildman–Crippen MR) is 156 cm³/mol. The second-order valence-corrected chi connectivity index (χ2v) is 11.8. The maximum atomic E-state index is 13.8. The molecule has 0 atom stereocenters. The molecule has 0 unspecified atom stereocenters. The summed E-state index contributed by atoms with van der Waals surface area (Å²) in [6.45, 7) is 0.319. The van der Waals surface area contributed by atoms with Crippen LogP contribution in [0.15, 0.2) is 95.9 Å². The fraction of sp³-hybridized carbons (Fsp3) is 0.167. The van der Waals surface area contributed by atoms with Gasteiger partial charge in [-0.25, -0.2) is 8.42 Å². The summed E-state index contributed by atoms with van der Waals surface area (Å²) < 4.78 is 40.5. The molecule has 7 nitrogen and oxygen atoms in total. The third-order valence-electron chi connectivity index (χ3n) is 6.44. The number of para-hydroxylation sites is 2. The molecule has 1 amide bonds. The van der Waals surface area contributed by atoms with Gasteiger partial charge in [-0.2, -0.15) is 0 Å². The van der Waals surface area contributed by atoms with Crippen molar-refractivity contribution in [3.63, 3.8) is 0 Å². The first-order valence-corrected chi connectivity index (χ1v) is 14.8. The number of carbonyl (C=O) groups excluding carboxylic acids is 1. The van der Waals surface area contributed by atoms with E-state index in [1.54, 1.807) is 42.3 Å². The average Bonchev–Trinajstić information content (AvgIpc) is 3.79. The molecule has 1 saturated carbocycles. The number of anilines is 1. The van der Waals surface area contributed by atoms with Crippen LogP contribution in [0.25, 0.3) is 0 Å². The molecule has 1 fully saturated rings. The lowest BCUT2D eigenvalue weighted by Crippen LogP contribution is -2.33. The number of halogens is 2. The van der Waals surface area contributed by atoms with Crippen molar-refractivity contribution < 1.29 is 22.7 Å². The van der Waals surface area contributed by atoms with E-state index in [0.29, 0.717) is 33.8 Å². The molecule has 4 aromatic carbocycles. The normalized spacial score (nSPS) is 13.0. The van der Waals surface area contributed by atoms with E-state index in [0.717, 1.165) is 18.4 Å². The van der Waals surface area contributed by atoms with Gasteiger partial charge in [0.1, 0.15) is 17.2 Å². The number of benzene rings is 4. The summed E-state index contributed by atoms with van der Waals surface area (Å²) in [6.07, 6.45) is 1.73. The van der Waals surface area contributed by atoms with Gasteiger partial charge >= 0.3 is 0 Å². The summed E-state index contributed by atoms with van der Waals surface area (Å²) in [5, 5.41) is 0.757. The van der Waals surface area contributed by atoms with Crippen LogP contribution in [-0.4, -0.2) is 32.4 Å². The van der Waals surface area contributed by atoms with E-state index in [2.05, 4.69) is 4.72 Å². The lowest BCUT2D eigenvalue weighted by molar-refractivity contribution is 0.0730. The topological polar surface area (TPSA) is 84.9 Å². The molecule has 0 aromatic heterocycles. The zero-order valence-corrected chi connectivity index (χ0v) is 23.8. The van der Waals surface area contributed by atoms with Crippen molar-refractivity contribution in [2.24, 2.45) is 0 Å². The van der Waals surface area contributed by atoms with Crippen molar-refractivity contribution in [2.75, 3.05) is 11.8 Å². The molecule has 206 valence electrons. The van der Waals surface area contributed by atoms with Gasteiger partial charge in [-0.3, -0.25) is 9.52 Å². The molecule has 0 radical (unpaired) electrons. The van der Waals surface area contributed by atoms with E-state index in [1.165, 1.54) is 36.4 Å². The summed E-state index contributed by atoms with van der Waals surface area (Å²) in [5.41, 5.74) is 1.15. The summed E-state index contributed by atoms with van der Waals surface area (Å²) in [7, 11) is -2.46. The molecule has 10 heteroatoms. The van der Waals surface area contributed by atoms with Gasteiger partial charge in [0.15, 0.2) is 0 Å². The number of carbonyl (C=O) groups is 1. The first-order valence-electron chi connectivity index (χ1n) is 12.5. The molecule has 1 aliphatic rings. The monoisotopic (exact) mass is 596 g/mol. The molecule has 1 aliphatic carbocycles. The van der Waals surface area contributed by atoms with Gasteiger partial charge in [-0.15, -0.1) is 0 Å². The second-order valence-electron chi connectivity index (χ2n) is 9.28. The van der Waals surface area contributed by atoms with Gasteiger partial charge in [0.2, 0.25) is 0 Å². The molecule has 40 heavy (non-hydrogen) atoms. The minimum absolute atomic E-state index is 0.000397. The number of sulfonamides is 1. The fourth-order valence-electron chi connectivity index (χ4n) is 4.25. The Morgan fingerprint density at radius 2 is 1.60 bits per heavy atom. The number of amides is 1. The summed E-state index contributed by atoms with van der Waals surface area (Å²) in [6, 6.07) is 25.0. The maximum Gasteiger partial charge on any atom is 0.261 e. The highest BCUT2D eigenvalue weighted by atomic mass is 35.5.